The van der Waals surface area contributed by atoms with Gasteiger partial charge in [-0.15, -0.1) is 11.3 Å². The van der Waals surface area contributed by atoms with Gasteiger partial charge in [-0.25, -0.2) is 0 Å². The summed E-state index contributed by atoms with van der Waals surface area (Å²) in [6.07, 6.45) is 0. The van der Waals surface area contributed by atoms with E-state index in [2.05, 4.69) is 0 Å². The Hall–Kier alpha value is -2.92. The molecular formula is C20H15NO3S. The van der Waals surface area contributed by atoms with Gasteiger partial charge < -0.3 is 5.11 Å². The Labute approximate surface area is 149 Å². The molecule has 25 heavy (non-hydrogen) atoms. The number of nitrogens with zero attached hydrogens (tertiary/aromatic N) is 1. The molecule has 0 saturated heterocycles. The molecule has 0 spiro atoms. The van der Waals surface area contributed by atoms with Gasteiger partial charge in [0.05, 0.1) is 6.04 Å². The summed E-state index contributed by atoms with van der Waals surface area (Å²) in [5.41, 5.74) is 1.73. The zero-order chi connectivity index (χ0) is 17.4. The Balaban J connectivity index is 1.98. The van der Waals surface area contributed by atoms with E-state index in [9.17, 15) is 14.7 Å². The predicted octanol–water partition coefficient (Wildman–Crippen LogP) is 4.32. The first-order valence-corrected chi connectivity index (χ1v) is 8.80. The lowest BCUT2D eigenvalue weighted by molar-refractivity contribution is -0.139. The van der Waals surface area contributed by atoms with E-state index in [4.69, 9.17) is 0 Å². The molecule has 1 amide bonds. The molecule has 0 saturated carbocycles. The normalized spacial score (nSPS) is 19.5. The third-order valence-corrected chi connectivity index (χ3v) is 5.42. The summed E-state index contributed by atoms with van der Waals surface area (Å²) in [5.74, 6) is -1.91. The maximum Gasteiger partial charge on any atom is 0.313 e. The second kappa shape index (κ2) is 6.18. The zero-order valence-corrected chi connectivity index (χ0v) is 14.0. The minimum absolute atomic E-state index is 0.169. The van der Waals surface area contributed by atoms with Crippen molar-refractivity contribution in [2.45, 2.75) is 12.0 Å². The Bertz CT molecular complexity index is 921. The number of thiophene rings is 1. The topological polar surface area (TPSA) is 57.6 Å². The van der Waals surface area contributed by atoms with E-state index >= 15 is 0 Å². The largest absolute Gasteiger partial charge is 0.481 e. The lowest BCUT2D eigenvalue weighted by atomic mass is 9.82. The monoisotopic (exact) mass is 349 g/mol. The quantitative estimate of drug-likeness (QED) is 0.766. The second-order valence-electron chi connectivity index (χ2n) is 5.87. The summed E-state index contributed by atoms with van der Waals surface area (Å²) < 4.78 is 0. The Kier molecular flexibility index (Phi) is 3.86. The van der Waals surface area contributed by atoms with Crippen LogP contribution in [0.3, 0.4) is 0 Å². The van der Waals surface area contributed by atoms with Crippen LogP contribution in [-0.4, -0.2) is 17.0 Å². The van der Waals surface area contributed by atoms with E-state index in [0.29, 0.717) is 16.8 Å². The van der Waals surface area contributed by atoms with Crippen molar-refractivity contribution in [3.8, 4) is 0 Å². The number of fused-ring (bicyclic) bond motifs is 1. The van der Waals surface area contributed by atoms with Gasteiger partial charge in [-0.3, -0.25) is 14.5 Å². The molecule has 0 aliphatic carbocycles. The van der Waals surface area contributed by atoms with Crippen LogP contribution < -0.4 is 4.90 Å². The van der Waals surface area contributed by atoms with Gasteiger partial charge >= 0.3 is 5.97 Å². The molecule has 5 heteroatoms. The molecule has 1 aromatic heterocycles. The van der Waals surface area contributed by atoms with Crippen molar-refractivity contribution in [1.82, 2.24) is 0 Å². The van der Waals surface area contributed by atoms with Crippen LogP contribution in [0.15, 0.2) is 72.1 Å². The van der Waals surface area contributed by atoms with Gasteiger partial charge in [0.25, 0.3) is 5.91 Å². The molecule has 124 valence electrons. The van der Waals surface area contributed by atoms with Gasteiger partial charge in [-0.05, 0) is 35.2 Å². The van der Waals surface area contributed by atoms with Crippen LogP contribution in [0.5, 0.6) is 0 Å². The SMILES string of the molecule is O=C(O)C1c2ccccc2C(=O)N(c2ccccc2)C1c1cccs1. The minimum Gasteiger partial charge on any atom is -0.481 e. The van der Waals surface area contributed by atoms with Crippen LogP contribution >= 0.6 is 11.3 Å². The first-order chi connectivity index (χ1) is 12.2. The van der Waals surface area contributed by atoms with Gasteiger partial charge in [0.15, 0.2) is 0 Å². The van der Waals surface area contributed by atoms with Crippen molar-refractivity contribution in [3.63, 3.8) is 0 Å². The fourth-order valence-electron chi connectivity index (χ4n) is 3.42. The van der Waals surface area contributed by atoms with Crippen molar-refractivity contribution in [2.24, 2.45) is 0 Å². The van der Waals surface area contributed by atoms with E-state index < -0.39 is 17.9 Å². The number of para-hydroxylation sites is 1. The smallest absolute Gasteiger partial charge is 0.313 e. The first-order valence-electron chi connectivity index (χ1n) is 7.92. The first kappa shape index (κ1) is 15.6. The second-order valence-corrected chi connectivity index (χ2v) is 6.85. The van der Waals surface area contributed by atoms with Crippen LogP contribution in [0.1, 0.15) is 32.8 Å². The lowest BCUT2D eigenvalue weighted by Crippen LogP contribution is -2.44. The molecule has 0 radical (unpaired) electrons. The van der Waals surface area contributed by atoms with Crippen molar-refractivity contribution in [3.05, 3.63) is 88.1 Å². The number of hydrogen-bond donors (Lipinski definition) is 1. The molecule has 0 fully saturated rings. The number of hydrogen-bond acceptors (Lipinski definition) is 3. The van der Waals surface area contributed by atoms with Gasteiger partial charge in [0, 0.05) is 16.1 Å². The number of carboxylic acids is 1. The number of carbonyl (C=O) groups excluding carboxylic acids is 1. The van der Waals surface area contributed by atoms with E-state index in [1.54, 1.807) is 29.2 Å². The van der Waals surface area contributed by atoms with Crippen LogP contribution in [-0.2, 0) is 4.79 Å². The van der Waals surface area contributed by atoms with E-state index in [0.717, 1.165) is 4.88 Å². The van der Waals surface area contributed by atoms with Crippen LogP contribution in [0.2, 0.25) is 0 Å². The van der Waals surface area contributed by atoms with Gasteiger partial charge in [-0.1, -0.05) is 42.5 Å². The number of carboxylic acid groups (broad SMARTS) is 1. The fourth-order valence-corrected chi connectivity index (χ4v) is 4.28. The predicted molar refractivity (Wildman–Crippen MR) is 97.1 cm³/mol. The van der Waals surface area contributed by atoms with E-state index in [1.165, 1.54) is 11.3 Å². The maximum atomic E-state index is 13.2. The van der Waals surface area contributed by atoms with Gasteiger partial charge in [-0.2, -0.15) is 0 Å². The summed E-state index contributed by atoms with van der Waals surface area (Å²) in [6, 6.07) is 19.5. The third kappa shape index (κ3) is 2.53. The average Bonchev–Trinajstić information content (AvgIpc) is 3.16. The minimum atomic E-state index is -0.931. The fraction of sp³-hybridized carbons (Fsp3) is 0.100. The lowest BCUT2D eigenvalue weighted by Gasteiger charge is -2.40. The van der Waals surface area contributed by atoms with Gasteiger partial charge in [0.2, 0.25) is 0 Å². The molecule has 1 aliphatic rings. The Morgan fingerprint density at radius 3 is 2.36 bits per heavy atom. The van der Waals surface area contributed by atoms with E-state index in [-0.39, 0.29) is 5.91 Å². The molecule has 2 aromatic carbocycles. The Morgan fingerprint density at radius 1 is 0.960 bits per heavy atom. The molecule has 4 rings (SSSR count). The zero-order valence-electron chi connectivity index (χ0n) is 13.2. The highest BCUT2D eigenvalue weighted by Gasteiger charge is 2.45. The van der Waals surface area contributed by atoms with Gasteiger partial charge in [0.1, 0.15) is 5.92 Å². The van der Waals surface area contributed by atoms with Crippen molar-refractivity contribution < 1.29 is 14.7 Å². The molecular weight excluding hydrogens is 334 g/mol. The Morgan fingerprint density at radius 2 is 1.68 bits per heavy atom. The molecule has 2 heterocycles. The average molecular weight is 349 g/mol. The summed E-state index contributed by atoms with van der Waals surface area (Å²) in [4.78, 5) is 27.9. The summed E-state index contributed by atoms with van der Waals surface area (Å²) in [6.45, 7) is 0. The number of aliphatic carboxylic acids is 1. The summed E-state index contributed by atoms with van der Waals surface area (Å²) in [7, 11) is 0. The summed E-state index contributed by atoms with van der Waals surface area (Å²) in [5, 5.41) is 11.9. The molecule has 2 unspecified atom stereocenters. The van der Waals surface area contributed by atoms with Crippen LogP contribution in [0.4, 0.5) is 5.69 Å². The number of anilines is 1. The highest BCUT2D eigenvalue weighted by atomic mass is 32.1. The molecule has 3 aromatic rings. The van der Waals surface area contributed by atoms with Crippen molar-refractivity contribution >= 4 is 28.9 Å². The maximum absolute atomic E-state index is 13.2. The molecule has 1 N–H and O–H groups in total. The van der Waals surface area contributed by atoms with Crippen molar-refractivity contribution in [1.29, 1.82) is 0 Å². The number of amides is 1. The number of rotatable bonds is 3. The summed E-state index contributed by atoms with van der Waals surface area (Å²) >= 11 is 1.47. The van der Waals surface area contributed by atoms with Crippen molar-refractivity contribution in [2.75, 3.05) is 4.90 Å². The molecule has 1 aliphatic heterocycles. The molecule has 0 bridgehead atoms. The van der Waals surface area contributed by atoms with Crippen LogP contribution in [0, 0.1) is 0 Å². The third-order valence-electron chi connectivity index (χ3n) is 4.47. The number of carbonyl (C=O) groups is 2. The highest BCUT2D eigenvalue weighted by molar-refractivity contribution is 7.10. The molecule has 2 atom stereocenters. The standard InChI is InChI=1S/C20H15NO3S/c22-19-15-10-5-4-9-14(15)17(20(23)24)18(16-11-6-12-25-16)21(19)13-7-2-1-3-8-13/h1-12,17-18H,(H,23,24). The van der Waals surface area contributed by atoms with Crippen LogP contribution in [0.25, 0.3) is 0 Å². The number of benzene rings is 2. The van der Waals surface area contributed by atoms with E-state index in [1.807, 2.05) is 47.8 Å². The molecule has 4 nitrogen and oxygen atoms in total. The highest BCUT2D eigenvalue weighted by Crippen LogP contribution is 2.46.